The molecule has 0 amide bonds. The number of nitro benzene ring substituents is 1. The van der Waals surface area contributed by atoms with Crippen LogP contribution in [0.15, 0.2) is 47.2 Å². The molecule has 2 aromatic carbocycles. The van der Waals surface area contributed by atoms with Gasteiger partial charge < -0.3 is 9.47 Å². The van der Waals surface area contributed by atoms with Gasteiger partial charge in [0.1, 0.15) is 0 Å². The molecule has 0 spiro atoms. The van der Waals surface area contributed by atoms with Gasteiger partial charge in [0.25, 0.3) is 5.69 Å². The van der Waals surface area contributed by atoms with E-state index < -0.39 is 4.92 Å². The zero-order valence-electron chi connectivity index (χ0n) is 12.8. The fourth-order valence-corrected chi connectivity index (χ4v) is 2.71. The van der Waals surface area contributed by atoms with Crippen molar-refractivity contribution >= 4 is 17.5 Å². The Bertz CT molecular complexity index is 901. The minimum absolute atomic E-state index is 0.0427. The molecule has 7 heteroatoms. The maximum absolute atomic E-state index is 10.8. The van der Waals surface area contributed by atoms with Crippen LogP contribution in [0.3, 0.4) is 0 Å². The maximum atomic E-state index is 10.8. The van der Waals surface area contributed by atoms with Gasteiger partial charge in [0.2, 0.25) is 6.79 Å². The summed E-state index contributed by atoms with van der Waals surface area (Å²) in [6, 6.07) is 10.1. The Labute approximate surface area is 137 Å². The number of fused-ring (bicyclic) bond motifs is 2. The van der Waals surface area contributed by atoms with Gasteiger partial charge in [0.05, 0.1) is 10.6 Å². The van der Waals surface area contributed by atoms with Crippen LogP contribution in [0.2, 0.25) is 0 Å². The highest BCUT2D eigenvalue weighted by molar-refractivity contribution is 6.15. The van der Waals surface area contributed by atoms with Crippen LogP contribution < -0.4 is 14.9 Å². The number of nitrogens with one attached hydrogen (secondary N) is 1. The molecule has 4 rings (SSSR count). The minimum Gasteiger partial charge on any atom is -0.454 e. The van der Waals surface area contributed by atoms with Gasteiger partial charge >= 0.3 is 0 Å². The molecule has 7 nitrogen and oxygen atoms in total. The summed E-state index contributed by atoms with van der Waals surface area (Å²) in [5.41, 5.74) is 7.19. The monoisotopic (exact) mass is 323 g/mol. The smallest absolute Gasteiger partial charge is 0.269 e. The summed E-state index contributed by atoms with van der Waals surface area (Å²) in [7, 11) is 0. The Hall–Kier alpha value is -3.35. The lowest BCUT2D eigenvalue weighted by atomic mass is 9.96. The number of hydrogen-bond donors (Lipinski definition) is 1. The first kappa shape index (κ1) is 14.3. The molecule has 0 aromatic heterocycles. The summed E-state index contributed by atoms with van der Waals surface area (Å²) in [6.45, 7) is 2.11. The molecule has 0 unspecified atom stereocenters. The second-order valence-electron chi connectivity index (χ2n) is 5.50. The van der Waals surface area contributed by atoms with Crippen LogP contribution >= 0.6 is 0 Å². The molecule has 0 radical (unpaired) electrons. The third-order valence-electron chi connectivity index (χ3n) is 3.87. The summed E-state index contributed by atoms with van der Waals surface area (Å²) in [5, 5.41) is 15.3. The Balaban J connectivity index is 1.84. The summed E-state index contributed by atoms with van der Waals surface area (Å²) in [4.78, 5) is 10.4. The number of ether oxygens (including phenoxy) is 2. The molecule has 120 valence electrons. The van der Waals surface area contributed by atoms with E-state index in [-0.39, 0.29) is 12.5 Å². The number of non-ortho nitro benzene ring substituents is 1. The summed E-state index contributed by atoms with van der Waals surface area (Å²) in [5.74, 6) is 1.36. The van der Waals surface area contributed by atoms with E-state index in [2.05, 4.69) is 10.5 Å². The van der Waals surface area contributed by atoms with Crippen molar-refractivity contribution < 1.29 is 14.4 Å². The average Bonchev–Trinajstić information content (AvgIpc) is 2.96. The van der Waals surface area contributed by atoms with E-state index in [1.165, 1.54) is 12.1 Å². The lowest BCUT2D eigenvalue weighted by Crippen LogP contribution is -2.09. The van der Waals surface area contributed by atoms with Gasteiger partial charge in [-0.3, -0.25) is 15.5 Å². The summed E-state index contributed by atoms with van der Waals surface area (Å²) in [6.07, 6.45) is 1.97. The van der Waals surface area contributed by atoms with E-state index in [0.717, 1.165) is 22.4 Å². The lowest BCUT2D eigenvalue weighted by Gasteiger charge is -2.09. The largest absolute Gasteiger partial charge is 0.454 e. The SMILES string of the molecule is CC1=Cc2cc3c(cc2C(c2ccc([N+](=O)[O-])cc2)=NN1)OCO3. The highest BCUT2D eigenvalue weighted by Gasteiger charge is 2.22. The van der Waals surface area contributed by atoms with E-state index in [1.54, 1.807) is 12.1 Å². The first-order valence-corrected chi connectivity index (χ1v) is 7.32. The van der Waals surface area contributed by atoms with E-state index in [9.17, 15) is 10.1 Å². The second kappa shape index (κ2) is 5.38. The summed E-state index contributed by atoms with van der Waals surface area (Å²) < 4.78 is 10.9. The number of rotatable bonds is 2. The topological polar surface area (TPSA) is 86.0 Å². The van der Waals surface area contributed by atoms with Crippen molar-refractivity contribution in [3.05, 3.63) is 68.9 Å². The molecule has 0 saturated heterocycles. The number of benzene rings is 2. The second-order valence-corrected chi connectivity index (χ2v) is 5.50. The molecule has 0 fully saturated rings. The zero-order valence-corrected chi connectivity index (χ0v) is 12.8. The van der Waals surface area contributed by atoms with Crippen LogP contribution in [0.1, 0.15) is 23.6 Å². The van der Waals surface area contributed by atoms with Crippen LogP contribution in [-0.2, 0) is 0 Å². The molecular weight excluding hydrogens is 310 g/mol. The normalized spacial score (nSPS) is 14.9. The van der Waals surface area contributed by atoms with Gasteiger partial charge in [0, 0.05) is 29.0 Å². The summed E-state index contributed by atoms with van der Waals surface area (Å²) >= 11 is 0. The number of allylic oxidation sites excluding steroid dienone is 1. The van der Waals surface area contributed by atoms with E-state index in [0.29, 0.717) is 17.2 Å². The third-order valence-corrected chi connectivity index (χ3v) is 3.87. The fourth-order valence-electron chi connectivity index (χ4n) is 2.71. The number of hydrogen-bond acceptors (Lipinski definition) is 6. The third kappa shape index (κ3) is 2.36. The average molecular weight is 323 g/mol. The lowest BCUT2D eigenvalue weighted by molar-refractivity contribution is -0.384. The molecule has 0 aliphatic carbocycles. The van der Waals surface area contributed by atoms with Crippen LogP contribution in [0.4, 0.5) is 5.69 Å². The van der Waals surface area contributed by atoms with Crippen molar-refractivity contribution in [2.45, 2.75) is 6.92 Å². The Morgan fingerprint density at radius 2 is 1.88 bits per heavy atom. The van der Waals surface area contributed by atoms with Crippen LogP contribution in [-0.4, -0.2) is 17.4 Å². The first-order chi connectivity index (χ1) is 11.6. The van der Waals surface area contributed by atoms with Gasteiger partial charge in [-0.1, -0.05) is 0 Å². The van der Waals surface area contributed by atoms with Gasteiger partial charge in [-0.15, -0.1) is 0 Å². The fraction of sp³-hybridized carbons (Fsp3) is 0.118. The van der Waals surface area contributed by atoms with E-state index in [4.69, 9.17) is 9.47 Å². The standard InChI is InChI=1S/C17H13N3O4/c1-10-6-12-7-15-16(24-9-23-15)8-14(12)17(19-18-10)11-2-4-13(5-3-11)20(21)22/h2-8,18H,9H2,1H3. The molecule has 2 heterocycles. The highest BCUT2D eigenvalue weighted by Crippen LogP contribution is 2.37. The first-order valence-electron chi connectivity index (χ1n) is 7.32. The Morgan fingerprint density at radius 1 is 1.17 bits per heavy atom. The molecule has 0 atom stereocenters. The number of hydrazone groups is 1. The predicted octanol–water partition coefficient (Wildman–Crippen LogP) is 3.04. The molecule has 24 heavy (non-hydrogen) atoms. The molecule has 0 bridgehead atoms. The van der Waals surface area contributed by atoms with Gasteiger partial charge in [-0.25, -0.2) is 0 Å². The van der Waals surface area contributed by atoms with Crippen LogP contribution in [0, 0.1) is 10.1 Å². The van der Waals surface area contributed by atoms with Crippen molar-refractivity contribution in [3.63, 3.8) is 0 Å². The van der Waals surface area contributed by atoms with Gasteiger partial charge in [-0.05, 0) is 42.8 Å². The Morgan fingerprint density at radius 3 is 2.58 bits per heavy atom. The minimum atomic E-state index is -0.422. The van der Waals surface area contributed by atoms with Gasteiger partial charge in [0.15, 0.2) is 11.5 Å². The van der Waals surface area contributed by atoms with Crippen LogP contribution in [0.5, 0.6) is 11.5 Å². The van der Waals surface area contributed by atoms with Crippen molar-refractivity contribution in [2.75, 3.05) is 6.79 Å². The molecule has 2 aliphatic heterocycles. The molecule has 0 saturated carbocycles. The van der Waals surface area contributed by atoms with E-state index >= 15 is 0 Å². The predicted molar refractivity (Wildman–Crippen MR) is 88.1 cm³/mol. The molecule has 1 N–H and O–H groups in total. The van der Waals surface area contributed by atoms with Crippen molar-refractivity contribution in [2.24, 2.45) is 5.10 Å². The maximum Gasteiger partial charge on any atom is 0.269 e. The quantitative estimate of drug-likeness (QED) is 0.678. The highest BCUT2D eigenvalue weighted by atomic mass is 16.7. The van der Waals surface area contributed by atoms with Crippen molar-refractivity contribution in [1.82, 2.24) is 5.43 Å². The van der Waals surface area contributed by atoms with Crippen LogP contribution in [0.25, 0.3) is 6.08 Å². The van der Waals surface area contributed by atoms with Gasteiger partial charge in [-0.2, -0.15) is 5.10 Å². The molecule has 2 aliphatic rings. The number of nitro groups is 1. The van der Waals surface area contributed by atoms with Crippen molar-refractivity contribution in [1.29, 1.82) is 0 Å². The number of nitrogens with zero attached hydrogens (tertiary/aromatic N) is 2. The Kier molecular flexibility index (Phi) is 3.19. The van der Waals surface area contributed by atoms with Crippen molar-refractivity contribution in [3.8, 4) is 11.5 Å². The molecular formula is C17H13N3O4. The zero-order chi connectivity index (χ0) is 16.7. The van der Waals surface area contributed by atoms with E-state index in [1.807, 2.05) is 25.1 Å². The molecule has 2 aromatic rings.